The van der Waals surface area contributed by atoms with Crippen LogP contribution in [0.3, 0.4) is 0 Å². The summed E-state index contributed by atoms with van der Waals surface area (Å²) in [6.45, 7) is 3.14. The highest BCUT2D eigenvalue weighted by Crippen LogP contribution is 2.30. The molecule has 2 aromatic carbocycles. The lowest BCUT2D eigenvalue weighted by molar-refractivity contribution is -0.128. The lowest BCUT2D eigenvalue weighted by Crippen LogP contribution is -2.46. The Morgan fingerprint density at radius 1 is 1.17 bits per heavy atom. The Morgan fingerprint density at radius 3 is 2.67 bits per heavy atom. The molecule has 1 aliphatic heterocycles. The van der Waals surface area contributed by atoms with Crippen LogP contribution in [0.2, 0.25) is 0 Å². The molecule has 1 saturated heterocycles. The Bertz CT molecular complexity index is 666. The molecule has 1 heterocycles. The summed E-state index contributed by atoms with van der Waals surface area (Å²) in [6, 6.07) is 17.9. The van der Waals surface area contributed by atoms with Crippen molar-refractivity contribution in [1.82, 2.24) is 5.32 Å². The van der Waals surface area contributed by atoms with Gasteiger partial charge < -0.3 is 14.8 Å². The SMILES string of the molecule is C[C@H](Oc1ccccc1-c1ccccc1)C(=O)N[C@H]1CCCOC1. The Hall–Kier alpha value is -2.33. The highest BCUT2D eigenvalue weighted by Gasteiger charge is 2.21. The Kier molecular flexibility index (Phi) is 5.49. The van der Waals surface area contributed by atoms with Gasteiger partial charge >= 0.3 is 0 Å². The van der Waals surface area contributed by atoms with Crippen molar-refractivity contribution in [1.29, 1.82) is 0 Å². The van der Waals surface area contributed by atoms with E-state index in [4.69, 9.17) is 9.47 Å². The van der Waals surface area contributed by atoms with E-state index in [1.54, 1.807) is 6.92 Å². The van der Waals surface area contributed by atoms with E-state index in [2.05, 4.69) is 5.32 Å². The number of hydrogen-bond acceptors (Lipinski definition) is 3. The Balaban J connectivity index is 1.68. The summed E-state index contributed by atoms with van der Waals surface area (Å²) in [5.74, 6) is 0.611. The van der Waals surface area contributed by atoms with Gasteiger partial charge in [-0.15, -0.1) is 0 Å². The first kappa shape index (κ1) is 16.5. The van der Waals surface area contributed by atoms with Gasteiger partial charge in [0.2, 0.25) is 0 Å². The van der Waals surface area contributed by atoms with E-state index in [0.29, 0.717) is 12.4 Å². The fraction of sp³-hybridized carbons (Fsp3) is 0.350. The second kappa shape index (κ2) is 7.97. The third-order valence-electron chi connectivity index (χ3n) is 4.15. The first-order valence-corrected chi connectivity index (χ1v) is 8.43. The second-order valence-corrected chi connectivity index (χ2v) is 6.04. The molecule has 0 unspecified atom stereocenters. The molecule has 2 aromatic rings. The summed E-state index contributed by atoms with van der Waals surface area (Å²) in [5, 5.41) is 3.01. The van der Waals surface area contributed by atoms with E-state index in [1.807, 2.05) is 54.6 Å². The van der Waals surface area contributed by atoms with E-state index in [-0.39, 0.29) is 11.9 Å². The second-order valence-electron chi connectivity index (χ2n) is 6.04. The highest BCUT2D eigenvalue weighted by atomic mass is 16.5. The van der Waals surface area contributed by atoms with Crippen LogP contribution < -0.4 is 10.1 Å². The third-order valence-corrected chi connectivity index (χ3v) is 4.15. The van der Waals surface area contributed by atoms with Crippen LogP contribution in [0.15, 0.2) is 54.6 Å². The van der Waals surface area contributed by atoms with Crippen molar-refractivity contribution in [3.8, 4) is 16.9 Å². The normalized spacial score (nSPS) is 18.6. The number of carbonyl (C=O) groups is 1. The molecule has 0 spiro atoms. The van der Waals surface area contributed by atoms with E-state index in [1.165, 1.54) is 0 Å². The van der Waals surface area contributed by atoms with Crippen LogP contribution in [-0.2, 0) is 9.53 Å². The van der Waals surface area contributed by atoms with Crippen molar-refractivity contribution >= 4 is 5.91 Å². The maximum Gasteiger partial charge on any atom is 0.261 e. The zero-order valence-corrected chi connectivity index (χ0v) is 13.9. The standard InChI is InChI=1S/C20H23NO3/c1-15(20(22)21-17-10-7-13-23-14-17)24-19-12-6-5-11-18(19)16-8-3-2-4-9-16/h2-6,8-9,11-12,15,17H,7,10,13-14H2,1H3,(H,21,22)/t15-,17-/m0/s1. The van der Waals surface area contributed by atoms with Crippen molar-refractivity contribution in [2.45, 2.75) is 31.9 Å². The molecular formula is C20H23NO3. The molecule has 2 atom stereocenters. The number of rotatable bonds is 5. The van der Waals surface area contributed by atoms with Crippen LogP contribution >= 0.6 is 0 Å². The molecule has 0 aromatic heterocycles. The molecule has 24 heavy (non-hydrogen) atoms. The maximum absolute atomic E-state index is 12.4. The first-order valence-electron chi connectivity index (χ1n) is 8.43. The Morgan fingerprint density at radius 2 is 1.92 bits per heavy atom. The molecule has 3 rings (SSSR count). The van der Waals surface area contributed by atoms with Gasteiger partial charge in [0.05, 0.1) is 12.6 Å². The fourth-order valence-corrected chi connectivity index (χ4v) is 2.84. The van der Waals surface area contributed by atoms with Crippen molar-refractivity contribution in [3.63, 3.8) is 0 Å². The van der Waals surface area contributed by atoms with Gasteiger partial charge in [0.1, 0.15) is 5.75 Å². The third kappa shape index (κ3) is 4.15. The van der Waals surface area contributed by atoms with Crippen LogP contribution in [-0.4, -0.2) is 31.3 Å². The molecule has 4 nitrogen and oxygen atoms in total. The molecule has 0 radical (unpaired) electrons. The van der Waals surface area contributed by atoms with Gasteiger partial charge in [-0.05, 0) is 31.4 Å². The van der Waals surface area contributed by atoms with E-state index in [0.717, 1.165) is 30.6 Å². The maximum atomic E-state index is 12.4. The van der Waals surface area contributed by atoms with Crippen molar-refractivity contribution in [3.05, 3.63) is 54.6 Å². The minimum absolute atomic E-state index is 0.0849. The monoisotopic (exact) mass is 325 g/mol. The topological polar surface area (TPSA) is 47.6 Å². The quantitative estimate of drug-likeness (QED) is 0.916. The van der Waals surface area contributed by atoms with Gasteiger partial charge in [0, 0.05) is 12.2 Å². The molecule has 1 amide bonds. The number of hydrogen-bond donors (Lipinski definition) is 1. The number of amides is 1. The predicted octanol–water partition coefficient (Wildman–Crippen LogP) is 3.42. The number of ether oxygens (including phenoxy) is 2. The van der Waals surface area contributed by atoms with Gasteiger partial charge in [-0.1, -0.05) is 48.5 Å². The summed E-state index contributed by atoms with van der Waals surface area (Å²) in [5.41, 5.74) is 2.06. The van der Waals surface area contributed by atoms with E-state index in [9.17, 15) is 4.79 Å². The lowest BCUT2D eigenvalue weighted by Gasteiger charge is -2.25. The molecular weight excluding hydrogens is 302 g/mol. The molecule has 126 valence electrons. The van der Waals surface area contributed by atoms with Crippen LogP contribution in [0.5, 0.6) is 5.75 Å². The molecule has 0 saturated carbocycles. The minimum atomic E-state index is -0.559. The first-order chi connectivity index (χ1) is 11.7. The van der Waals surface area contributed by atoms with Crippen LogP contribution in [0.4, 0.5) is 0 Å². The summed E-state index contributed by atoms with van der Waals surface area (Å²) in [4.78, 5) is 12.4. The highest BCUT2D eigenvalue weighted by molar-refractivity contribution is 5.81. The van der Waals surface area contributed by atoms with Gasteiger partial charge in [0.25, 0.3) is 5.91 Å². The largest absolute Gasteiger partial charge is 0.480 e. The van der Waals surface area contributed by atoms with Crippen LogP contribution in [0.25, 0.3) is 11.1 Å². The van der Waals surface area contributed by atoms with Crippen LogP contribution in [0, 0.1) is 0 Å². The molecule has 1 aliphatic rings. The zero-order chi connectivity index (χ0) is 16.8. The van der Waals surface area contributed by atoms with Crippen molar-refractivity contribution < 1.29 is 14.3 Å². The summed E-state index contributed by atoms with van der Waals surface area (Å²) >= 11 is 0. The number of benzene rings is 2. The smallest absolute Gasteiger partial charge is 0.261 e. The molecule has 4 heteroatoms. The van der Waals surface area contributed by atoms with Gasteiger partial charge in [-0.3, -0.25) is 4.79 Å². The van der Waals surface area contributed by atoms with E-state index < -0.39 is 6.10 Å². The average Bonchev–Trinajstić information content (AvgIpc) is 2.63. The average molecular weight is 325 g/mol. The number of carbonyl (C=O) groups excluding carboxylic acids is 1. The minimum Gasteiger partial charge on any atom is -0.480 e. The molecule has 1 fully saturated rings. The van der Waals surface area contributed by atoms with E-state index >= 15 is 0 Å². The summed E-state index contributed by atoms with van der Waals surface area (Å²) < 4.78 is 11.4. The summed E-state index contributed by atoms with van der Waals surface area (Å²) in [7, 11) is 0. The zero-order valence-electron chi connectivity index (χ0n) is 13.9. The van der Waals surface area contributed by atoms with Gasteiger partial charge in [0.15, 0.2) is 6.10 Å². The van der Waals surface area contributed by atoms with Crippen molar-refractivity contribution in [2.24, 2.45) is 0 Å². The number of nitrogens with one attached hydrogen (secondary N) is 1. The van der Waals surface area contributed by atoms with Gasteiger partial charge in [-0.2, -0.15) is 0 Å². The Labute approximate surface area is 142 Å². The van der Waals surface area contributed by atoms with Gasteiger partial charge in [-0.25, -0.2) is 0 Å². The van der Waals surface area contributed by atoms with Crippen LogP contribution in [0.1, 0.15) is 19.8 Å². The molecule has 0 bridgehead atoms. The lowest BCUT2D eigenvalue weighted by atomic mass is 10.0. The predicted molar refractivity (Wildman–Crippen MR) is 94.0 cm³/mol. The summed E-state index contributed by atoms with van der Waals surface area (Å²) in [6.07, 6.45) is 1.38. The van der Waals surface area contributed by atoms with Crippen molar-refractivity contribution in [2.75, 3.05) is 13.2 Å². The number of para-hydroxylation sites is 1. The fourth-order valence-electron chi connectivity index (χ4n) is 2.84. The molecule has 0 aliphatic carbocycles. The molecule has 1 N–H and O–H groups in total.